The Balaban J connectivity index is 1.99. The Kier molecular flexibility index (Phi) is 6.13. The summed E-state index contributed by atoms with van der Waals surface area (Å²) in [4.78, 5) is 14.9. The lowest BCUT2D eigenvalue weighted by molar-refractivity contribution is 0.0917. The van der Waals surface area contributed by atoms with Gasteiger partial charge in [0.15, 0.2) is 0 Å². The molecule has 3 N–H and O–H groups in total. The maximum atomic E-state index is 12.5. The largest absolute Gasteiger partial charge is 0.496 e. The molecule has 1 fully saturated rings. The highest BCUT2D eigenvalue weighted by molar-refractivity contribution is 6.33. The van der Waals surface area contributed by atoms with E-state index in [1.807, 2.05) is 6.92 Å². The van der Waals surface area contributed by atoms with Crippen LogP contribution in [0.5, 0.6) is 5.75 Å². The zero-order chi connectivity index (χ0) is 17.0. The van der Waals surface area contributed by atoms with Crippen molar-refractivity contribution in [3.63, 3.8) is 0 Å². The van der Waals surface area contributed by atoms with E-state index in [0.717, 1.165) is 25.6 Å². The standard InChI is InChI=1S/C17H26ClN3O2/c1-11-5-4-6-21(9-11)10-12(2)20-17(22)13-7-14(18)15(19)8-16(13)23-3/h7-8,11-12H,4-6,9-10,19H2,1-3H3,(H,20,22). The lowest BCUT2D eigenvalue weighted by Gasteiger charge is -2.32. The summed E-state index contributed by atoms with van der Waals surface area (Å²) in [6.07, 6.45) is 2.52. The van der Waals surface area contributed by atoms with Crippen molar-refractivity contribution < 1.29 is 9.53 Å². The van der Waals surface area contributed by atoms with Crippen LogP contribution < -0.4 is 15.8 Å². The van der Waals surface area contributed by atoms with Gasteiger partial charge in [0.05, 0.1) is 23.4 Å². The molecule has 0 aliphatic carbocycles. The van der Waals surface area contributed by atoms with E-state index in [9.17, 15) is 4.79 Å². The van der Waals surface area contributed by atoms with Gasteiger partial charge < -0.3 is 20.7 Å². The van der Waals surface area contributed by atoms with Crippen LogP contribution in [0.15, 0.2) is 12.1 Å². The lowest BCUT2D eigenvalue weighted by atomic mass is 10.00. The number of hydrogen-bond acceptors (Lipinski definition) is 4. The molecule has 6 heteroatoms. The number of nitrogens with two attached hydrogens (primary N) is 1. The summed E-state index contributed by atoms with van der Waals surface area (Å²) in [5.74, 6) is 0.965. The van der Waals surface area contributed by atoms with E-state index in [4.69, 9.17) is 22.1 Å². The summed E-state index contributed by atoms with van der Waals surface area (Å²) in [6, 6.07) is 3.18. The Bertz CT molecular complexity index is 565. The summed E-state index contributed by atoms with van der Waals surface area (Å²) in [6.45, 7) is 7.33. The third kappa shape index (κ3) is 4.75. The Morgan fingerprint density at radius 2 is 2.30 bits per heavy atom. The summed E-state index contributed by atoms with van der Waals surface area (Å²) in [7, 11) is 1.51. The molecule has 1 aromatic carbocycles. The zero-order valence-electron chi connectivity index (χ0n) is 14.1. The number of benzene rings is 1. The van der Waals surface area contributed by atoms with Crippen LogP contribution in [0.25, 0.3) is 0 Å². The molecular weight excluding hydrogens is 314 g/mol. The molecular formula is C17H26ClN3O2. The van der Waals surface area contributed by atoms with Gasteiger partial charge >= 0.3 is 0 Å². The SMILES string of the molecule is COc1cc(N)c(Cl)cc1C(=O)NC(C)CN1CCCC(C)C1. The number of hydrogen-bond donors (Lipinski definition) is 2. The lowest BCUT2D eigenvalue weighted by Crippen LogP contribution is -2.45. The Morgan fingerprint density at radius 3 is 2.96 bits per heavy atom. The van der Waals surface area contributed by atoms with Crippen molar-refractivity contribution in [3.8, 4) is 5.75 Å². The summed E-state index contributed by atoms with van der Waals surface area (Å²) >= 11 is 6.03. The van der Waals surface area contributed by atoms with Crippen molar-refractivity contribution in [2.75, 3.05) is 32.5 Å². The first kappa shape index (κ1) is 17.9. The number of methoxy groups -OCH3 is 1. The quantitative estimate of drug-likeness (QED) is 0.809. The van der Waals surface area contributed by atoms with E-state index in [0.29, 0.717) is 22.0 Å². The first-order valence-electron chi connectivity index (χ1n) is 8.07. The molecule has 1 aliphatic heterocycles. The normalized spacial score (nSPS) is 20.1. The van der Waals surface area contributed by atoms with E-state index in [-0.39, 0.29) is 11.9 Å². The summed E-state index contributed by atoms with van der Waals surface area (Å²) in [5.41, 5.74) is 6.56. The number of nitrogens with one attached hydrogen (secondary N) is 1. The molecule has 1 amide bonds. The van der Waals surface area contributed by atoms with Crippen molar-refractivity contribution in [1.82, 2.24) is 10.2 Å². The van der Waals surface area contributed by atoms with Gasteiger partial charge in [-0.3, -0.25) is 4.79 Å². The van der Waals surface area contributed by atoms with Crippen LogP contribution in [-0.2, 0) is 0 Å². The number of halogens is 1. The molecule has 128 valence electrons. The average molecular weight is 340 g/mol. The van der Waals surface area contributed by atoms with E-state index >= 15 is 0 Å². The Labute approximate surface area is 143 Å². The van der Waals surface area contributed by atoms with E-state index in [2.05, 4.69) is 17.1 Å². The van der Waals surface area contributed by atoms with Crippen molar-refractivity contribution in [3.05, 3.63) is 22.7 Å². The van der Waals surface area contributed by atoms with Crippen LogP contribution in [0, 0.1) is 5.92 Å². The molecule has 1 aromatic rings. The zero-order valence-corrected chi connectivity index (χ0v) is 14.8. The second-order valence-electron chi connectivity index (χ2n) is 6.46. The van der Waals surface area contributed by atoms with Crippen LogP contribution in [0.2, 0.25) is 5.02 Å². The number of carbonyl (C=O) groups is 1. The first-order valence-corrected chi connectivity index (χ1v) is 8.44. The van der Waals surface area contributed by atoms with Crippen LogP contribution in [0.3, 0.4) is 0 Å². The van der Waals surface area contributed by atoms with Crippen molar-refractivity contribution >= 4 is 23.2 Å². The van der Waals surface area contributed by atoms with Crippen molar-refractivity contribution in [2.45, 2.75) is 32.7 Å². The molecule has 1 saturated heterocycles. The minimum absolute atomic E-state index is 0.0498. The molecule has 2 rings (SSSR count). The van der Waals surface area contributed by atoms with Gasteiger partial charge in [0, 0.05) is 25.2 Å². The molecule has 1 aliphatic rings. The molecule has 23 heavy (non-hydrogen) atoms. The number of carbonyl (C=O) groups excluding carboxylic acids is 1. The van der Waals surface area contributed by atoms with Gasteiger partial charge in [-0.05, 0) is 38.3 Å². The highest BCUT2D eigenvalue weighted by atomic mass is 35.5. The smallest absolute Gasteiger partial charge is 0.255 e. The second kappa shape index (κ2) is 7.88. The molecule has 0 saturated carbocycles. The number of nitrogens with zero attached hydrogens (tertiary/aromatic N) is 1. The molecule has 2 atom stereocenters. The van der Waals surface area contributed by atoms with Gasteiger partial charge in [-0.2, -0.15) is 0 Å². The minimum atomic E-state index is -0.193. The fraction of sp³-hybridized carbons (Fsp3) is 0.588. The Hall–Kier alpha value is -1.46. The van der Waals surface area contributed by atoms with Crippen LogP contribution in [0.1, 0.15) is 37.0 Å². The average Bonchev–Trinajstić information content (AvgIpc) is 2.49. The van der Waals surface area contributed by atoms with Gasteiger partial charge in [0.1, 0.15) is 5.75 Å². The highest BCUT2D eigenvalue weighted by Crippen LogP contribution is 2.28. The van der Waals surface area contributed by atoms with Gasteiger partial charge in [-0.1, -0.05) is 18.5 Å². The number of amides is 1. The topological polar surface area (TPSA) is 67.6 Å². The molecule has 0 bridgehead atoms. The number of ether oxygens (including phenoxy) is 1. The third-order valence-corrected chi connectivity index (χ3v) is 4.54. The van der Waals surface area contributed by atoms with E-state index in [1.165, 1.54) is 20.0 Å². The molecule has 1 heterocycles. The van der Waals surface area contributed by atoms with Crippen molar-refractivity contribution in [2.24, 2.45) is 5.92 Å². The first-order chi connectivity index (χ1) is 10.9. The fourth-order valence-electron chi connectivity index (χ4n) is 3.10. The monoisotopic (exact) mass is 339 g/mol. The van der Waals surface area contributed by atoms with Crippen LogP contribution in [-0.4, -0.2) is 43.6 Å². The second-order valence-corrected chi connectivity index (χ2v) is 6.86. The predicted molar refractivity (Wildman–Crippen MR) is 94.2 cm³/mol. The van der Waals surface area contributed by atoms with Crippen LogP contribution >= 0.6 is 11.6 Å². The predicted octanol–water partition coefficient (Wildman–Crippen LogP) is 2.78. The molecule has 0 aromatic heterocycles. The van der Waals surface area contributed by atoms with Crippen molar-refractivity contribution in [1.29, 1.82) is 0 Å². The highest BCUT2D eigenvalue weighted by Gasteiger charge is 2.21. The van der Waals surface area contributed by atoms with E-state index < -0.39 is 0 Å². The van der Waals surface area contributed by atoms with Gasteiger partial charge in [-0.15, -0.1) is 0 Å². The molecule has 5 nitrogen and oxygen atoms in total. The maximum absolute atomic E-state index is 12.5. The summed E-state index contributed by atoms with van der Waals surface area (Å²) < 4.78 is 5.24. The maximum Gasteiger partial charge on any atom is 0.255 e. The fourth-order valence-corrected chi connectivity index (χ4v) is 3.27. The van der Waals surface area contributed by atoms with Gasteiger partial charge in [0.25, 0.3) is 5.91 Å². The third-order valence-electron chi connectivity index (χ3n) is 4.21. The summed E-state index contributed by atoms with van der Waals surface area (Å²) in [5, 5.41) is 3.37. The number of nitrogen functional groups attached to an aromatic ring is 1. The van der Waals surface area contributed by atoms with Crippen LogP contribution in [0.4, 0.5) is 5.69 Å². The van der Waals surface area contributed by atoms with Gasteiger partial charge in [0.2, 0.25) is 0 Å². The van der Waals surface area contributed by atoms with E-state index in [1.54, 1.807) is 12.1 Å². The number of anilines is 1. The number of piperidine rings is 1. The number of likely N-dealkylation sites (tertiary alicyclic amines) is 1. The Morgan fingerprint density at radius 1 is 1.57 bits per heavy atom. The molecule has 2 unspecified atom stereocenters. The molecule has 0 radical (unpaired) electrons. The molecule has 0 spiro atoms. The minimum Gasteiger partial charge on any atom is -0.496 e. The van der Waals surface area contributed by atoms with Gasteiger partial charge in [-0.25, -0.2) is 0 Å². The number of rotatable bonds is 5.